The van der Waals surface area contributed by atoms with Gasteiger partial charge in [-0.2, -0.15) is 0 Å². The van der Waals surface area contributed by atoms with E-state index in [2.05, 4.69) is 6.58 Å². The van der Waals surface area contributed by atoms with Gasteiger partial charge in [-0.1, -0.05) is 46.1 Å². The summed E-state index contributed by atoms with van der Waals surface area (Å²) in [7, 11) is 0. The maximum absolute atomic E-state index is 11.9. The Kier molecular flexibility index (Phi) is 13.2. The molecule has 2 N–H and O–H groups in total. The molecule has 0 aromatic heterocycles. The van der Waals surface area contributed by atoms with Gasteiger partial charge in [0.25, 0.3) is 0 Å². The third-order valence-corrected chi connectivity index (χ3v) is 2.78. The molecule has 0 aliphatic heterocycles. The van der Waals surface area contributed by atoms with E-state index in [0.29, 0.717) is 5.57 Å². The summed E-state index contributed by atoms with van der Waals surface area (Å²) in [5.41, 5.74) is 5.18. The normalized spacial score (nSPS) is 9.80. The fraction of sp³-hybridized carbons (Fsp3) is 0.444. The van der Waals surface area contributed by atoms with Crippen LogP contribution >= 0.6 is 0 Å². The quantitative estimate of drug-likeness (QED) is 0.243. The van der Waals surface area contributed by atoms with Gasteiger partial charge in [0.05, 0.1) is 13.0 Å². The molecule has 0 heterocycles. The van der Waals surface area contributed by atoms with Crippen molar-refractivity contribution < 1.29 is 75.6 Å². The zero-order valence-electron chi connectivity index (χ0n) is 16.0. The van der Waals surface area contributed by atoms with Crippen LogP contribution < -0.4 is 67.0 Å². The molecule has 0 bridgehead atoms. The summed E-state index contributed by atoms with van der Waals surface area (Å²) >= 11 is 0. The Balaban J connectivity index is 0. The molecule has 1 aromatic rings. The number of esters is 2. The van der Waals surface area contributed by atoms with Crippen molar-refractivity contribution in [2.45, 2.75) is 41.0 Å². The number of anilines is 1. The maximum Gasteiger partial charge on any atom is 1.00 e. The number of carbonyl (C=O) groups is 2. The predicted molar refractivity (Wildman–Crippen MR) is 91.5 cm³/mol. The number of carbonyl (C=O) groups excluding carboxylic acids is 2. The molecule has 0 saturated heterocycles. The molecule has 0 aliphatic carbocycles. The van der Waals surface area contributed by atoms with Gasteiger partial charge in [0.1, 0.15) is 5.75 Å². The molecule has 7 heteroatoms. The van der Waals surface area contributed by atoms with Gasteiger partial charge < -0.3 is 20.3 Å². The number of ether oxygens (including phenoxy) is 2. The number of nitrogens with two attached hydrogens (primary N) is 1. The van der Waals surface area contributed by atoms with E-state index in [1.54, 1.807) is 20.8 Å². The monoisotopic (exact) mass is 375 g/mol. The minimum Gasteiger partial charge on any atom is -0.871 e. The van der Waals surface area contributed by atoms with Crippen molar-refractivity contribution in [1.82, 2.24) is 0 Å². The molecule has 0 aliphatic rings. The molecule has 0 fully saturated rings. The number of nitrogen functional groups attached to an aromatic ring is 1. The van der Waals surface area contributed by atoms with E-state index in [4.69, 9.17) is 15.2 Å². The van der Waals surface area contributed by atoms with Crippen LogP contribution in [-0.4, -0.2) is 18.5 Å². The van der Waals surface area contributed by atoms with Crippen molar-refractivity contribution in [3.05, 3.63) is 30.4 Å². The summed E-state index contributed by atoms with van der Waals surface area (Å²) in [4.78, 5) is 23.3. The minimum atomic E-state index is -0.591. The Hall–Kier alpha value is -0.864. The summed E-state index contributed by atoms with van der Waals surface area (Å²) in [5, 5.41) is 11.2. The second-order valence-electron chi connectivity index (χ2n) is 5.87. The largest absolute Gasteiger partial charge is 1.00 e. The molecule has 25 heavy (non-hydrogen) atoms. The molecular formula is C18H26KNO5. The van der Waals surface area contributed by atoms with Gasteiger partial charge >= 0.3 is 63.3 Å². The van der Waals surface area contributed by atoms with Gasteiger partial charge in [-0.15, -0.1) is 0 Å². The molecule has 6 nitrogen and oxygen atoms in total. The fourth-order valence-electron chi connectivity index (χ4n) is 1.58. The Morgan fingerprint density at radius 3 is 2.32 bits per heavy atom. The van der Waals surface area contributed by atoms with Crippen LogP contribution in [0.5, 0.6) is 11.5 Å². The van der Waals surface area contributed by atoms with Crippen LogP contribution in [0.3, 0.4) is 0 Å². The van der Waals surface area contributed by atoms with Crippen LogP contribution in [0.2, 0.25) is 0 Å². The van der Waals surface area contributed by atoms with E-state index in [1.807, 2.05) is 13.8 Å². The first-order chi connectivity index (χ1) is 11.1. The molecule has 0 atom stereocenters. The zero-order chi connectivity index (χ0) is 18.9. The van der Waals surface area contributed by atoms with Crippen molar-refractivity contribution in [3.63, 3.8) is 0 Å². The summed E-state index contributed by atoms with van der Waals surface area (Å²) < 4.78 is 10.2. The van der Waals surface area contributed by atoms with Gasteiger partial charge in [0.2, 0.25) is 0 Å². The van der Waals surface area contributed by atoms with E-state index in [-0.39, 0.29) is 81.6 Å². The van der Waals surface area contributed by atoms with Crippen LogP contribution in [0.1, 0.15) is 41.0 Å². The van der Waals surface area contributed by atoms with Gasteiger partial charge in [-0.25, -0.2) is 4.79 Å². The first kappa shape index (κ1) is 26.4. The Bertz CT molecular complexity index is 599. The molecule has 134 valence electrons. The third-order valence-electron chi connectivity index (χ3n) is 2.78. The molecule has 1 aromatic carbocycles. The standard InChI is InChI=1S/C16H21NO5.C2H6.K/c1-10(2)15(20)21-9-16(3,4)8-14(19)22-11-5-6-13(18)12(17)7-11;1-2;/h5-7,18H,1,8-9,17H2,2-4H3;1-2H3;/q;;+1/p-1. The second-order valence-corrected chi connectivity index (χ2v) is 5.87. The zero-order valence-corrected chi connectivity index (χ0v) is 19.1. The van der Waals surface area contributed by atoms with Crippen molar-refractivity contribution in [2.24, 2.45) is 5.41 Å². The van der Waals surface area contributed by atoms with Crippen LogP contribution in [-0.2, 0) is 14.3 Å². The first-order valence-corrected chi connectivity index (χ1v) is 7.70. The molecule has 0 saturated carbocycles. The van der Waals surface area contributed by atoms with Crippen molar-refractivity contribution >= 4 is 17.6 Å². The van der Waals surface area contributed by atoms with Gasteiger partial charge in [0, 0.05) is 22.7 Å². The molecule has 0 spiro atoms. The first-order valence-electron chi connectivity index (χ1n) is 7.70. The fourth-order valence-corrected chi connectivity index (χ4v) is 1.58. The summed E-state index contributed by atoms with van der Waals surface area (Å²) in [6.45, 7) is 12.6. The van der Waals surface area contributed by atoms with Gasteiger partial charge in [-0.05, 0) is 13.0 Å². The van der Waals surface area contributed by atoms with Crippen LogP contribution in [0.25, 0.3) is 0 Å². The number of benzene rings is 1. The van der Waals surface area contributed by atoms with Crippen LogP contribution in [0.4, 0.5) is 5.69 Å². The van der Waals surface area contributed by atoms with E-state index < -0.39 is 17.4 Å². The Morgan fingerprint density at radius 2 is 1.84 bits per heavy atom. The summed E-state index contributed by atoms with van der Waals surface area (Å²) in [6, 6.07) is 3.91. The predicted octanol–water partition coefficient (Wildman–Crippen LogP) is -0.186. The van der Waals surface area contributed by atoms with Crippen molar-refractivity contribution in [2.75, 3.05) is 12.3 Å². The smallest absolute Gasteiger partial charge is 0.871 e. The Morgan fingerprint density at radius 1 is 1.28 bits per heavy atom. The van der Waals surface area contributed by atoms with Gasteiger partial charge in [-0.3, -0.25) is 4.79 Å². The number of hydrogen-bond donors (Lipinski definition) is 1. The minimum absolute atomic E-state index is 0. The van der Waals surface area contributed by atoms with E-state index in [0.717, 1.165) is 0 Å². The third kappa shape index (κ3) is 10.7. The molecule has 0 amide bonds. The van der Waals surface area contributed by atoms with E-state index in [9.17, 15) is 14.7 Å². The van der Waals surface area contributed by atoms with E-state index in [1.165, 1.54) is 18.2 Å². The van der Waals surface area contributed by atoms with Gasteiger partial charge in [0.15, 0.2) is 0 Å². The summed E-state index contributed by atoms with van der Waals surface area (Å²) in [5.74, 6) is -1.13. The maximum atomic E-state index is 11.9. The topological polar surface area (TPSA) is 102 Å². The molecule has 0 radical (unpaired) electrons. The van der Waals surface area contributed by atoms with E-state index >= 15 is 0 Å². The average Bonchev–Trinajstić information content (AvgIpc) is 2.50. The average molecular weight is 376 g/mol. The number of rotatable bonds is 6. The molecular weight excluding hydrogens is 349 g/mol. The van der Waals surface area contributed by atoms with Crippen LogP contribution in [0.15, 0.2) is 30.4 Å². The SMILES string of the molecule is C=C(C)C(=O)OCC(C)(C)CC(=O)Oc1ccc([O-])c(N)c1.CC.[K+]. The number of hydrogen-bond acceptors (Lipinski definition) is 6. The molecule has 1 rings (SSSR count). The summed E-state index contributed by atoms with van der Waals surface area (Å²) in [6.07, 6.45) is 0.0372. The Labute approximate surface area is 192 Å². The second kappa shape index (κ2) is 12.5. The molecule has 0 unspecified atom stereocenters. The van der Waals surface area contributed by atoms with Crippen molar-refractivity contribution in [1.29, 1.82) is 0 Å². The van der Waals surface area contributed by atoms with Crippen LogP contribution in [0, 0.1) is 5.41 Å². The van der Waals surface area contributed by atoms with Crippen molar-refractivity contribution in [3.8, 4) is 11.5 Å².